The van der Waals surface area contributed by atoms with Gasteiger partial charge in [-0.25, -0.2) is 13.8 Å². The van der Waals surface area contributed by atoms with Crippen molar-refractivity contribution in [3.05, 3.63) is 50.5 Å². The molecule has 0 saturated heterocycles. The van der Waals surface area contributed by atoms with Gasteiger partial charge in [0.1, 0.15) is 0 Å². The van der Waals surface area contributed by atoms with Gasteiger partial charge in [-0.2, -0.15) is 0 Å². The lowest BCUT2D eigenvalue weighted by Crippen LogP contribution is -2.09. The zero-order valence-electron chi connectivity index (χ0n) is 9.60. The van der Waals surface area contributed by atoms with Gasteiger partial charge in [-0.1, -0.05) is 0 Å². The smallest absolute Gasteiger partial charge is 0.295 e. The molecule has 0 unspecified atom stereocenters. The number of rotatable bonds is 5. The Morgan fingerprint density at radius 2 is 2.21 bits per heavy atom. The average molecular weight is 285 g/mol. The number of nitrogens with one attached hydrogen (secondary N) is 1. The van der Waals surface area contributed by atoms with Crippen molar-refractivity contribution in [2.24, 2.45) is 0 Å². The predicted octanol–water partition coefficient (Wildman–Crippen LogP) is 2.98. The summed E-state index contributed by atoms with van der Waals surface area (Å²) in [4.78, 5) is 14.0. The molecule has 0 saturated carbocycles. The van der Waals surface area contributed by atoms with E-state index >= 15 is 0 Å². The Labute approximate surface area is 111 Å². The number of halogens is 2. The van der Waals surface area contributed by atoms with Crippen molar-refractivity contribution >= 4 is 22.7 Å². The molecule has 1 N–H and O–H groups in total. The molecule has 0 aliphatic heterocycles. The second-order valence-electron chi connectivity index (χ2n) is 3.67. The molecule has 2 rings (SSSR count). The van der Waals surface area contributed by atoms with Crippen LogP contribution in [0.2, 0.25) is 0 Å². The molecule has 5 nitrogen and oxygen atoms in total. The topological polar surface area (TPSA) is 68.1 Å². The van der Waals surface area contributed by atoms with Crippen LogP contribution in [0.1, 0.15) is 5.69 Å². The average Bonchev–Trinajstić information content (AvgIpc) is 2.87. The fourth-order valence-electron chi connectivity index (χ4n) is 1.54. The fraction of sp³-hybridized carbons (Fsp3) is 0.182. The van der Waals surface area contributed by atoms with Crippen molar-refractivity contribution in [3.8, 4) is 0 Å². The highest BCUT2D eigenvalue weighted by Crippen LogP contribution is 2.28. The van der Waals surface area contributed by atoms with E-state index in [1.807, 2.05) is 5.38 Å². The maximum atomic E-state index is 13.5. The number of aromatic nitrogens is 1. The van der Waals surface area contributed by atoms with Gasteiger partial charge in [-0.05, 0) is 6.07 Å². The van der Waals surface area contributed by atoms with Gasteiger partial charge < -0.3 is 5.32 Å². The second-order valence-corrected chi connectivity index (χ2v) is 4.39. The summed E-state index contributed by atoms with van der Waals surface area (Å²) in [6.45, 7) is 0.227. The van der Waals surface area contributed by atoms with Gasteiger partial charge in [-0.3, -0.25) is 10.1 Å². The predicted molar refractivity (Wildman–Crippen MR) is 67.3 cm³/mol. The highest BCUT2D eigenvalue weighted by atomic mass is 32.1. The SMILES string of the molecule is O=[N+]([O-])c1ccc(F)c(F)c1NCCc1cscn1. The molecule has 2 aromatic rings. The van der Waals surface area contributed by atoms with Crippen LogP contribution in [0.15, 0.2) is 23.0 Å². The van der Waals surface area contributed by atoms with Crippen LogP contribution in [-0.2, 0) is 6.42 Å². The number of nitro benzene ring substituents is 1. The normalized spacial score (nSPS) is 10.4. The van der Waals surface area contributed by atoms with Gasteiger partial charge >= 0.3 is 0 Å². The molecule has 8 heteroatoms. The molecular formula is C11H9F2N3O2S. The number of hydrogen-bond donors (Lipinski definition) is 1. The number of thiazole rings is 1. The molecule has 0 fully saturated rings. The van der Waals surface area contributed by atoms with E-state index in [9.17, 15) is 18.9 Å². The lowest BCUT2D eigenvalue weighted by molar-refractivity contribution is -0.384. The molecule has 19 heavy (non-hydrogen) atoms. The third-order valence-electron chi connectivity index (χ3n) is 2.44. The molecule has 1 aromatic carbocycles. The summed E-state index contributed by atoms with van der Waals surface area (Å²) in [6.07, 6.45) is 0.469. The van der Waals surface area contributed by atoms with Crippen molar-refractivity contribution in [2.75, 3.05) is 11.9 Å². The summed E-state index contributed by atoms with van der Waals surface area (Å²) in [5.41, 5.74) is 1.52. The van der Waals surface area contributed by atoms with E-state index in [0.29, 0.717) is 6.42 Å². The minimum absolute atomic E-state index is 0.227. The van der Waals surface area contributed by atoms with Crippen LogP contribution >= 0.6 is 11.3 Å². The summed E-state index contributed by atoms with van der Waals surface area (Å²) in [7, 11) is 0. The number of anilines is 1. The van der Waals surface area contributed by atoms with E-state index in [-0.39, 0.29) is 6.54 Å². The maximum absolute atomic E-state index is 13.5. The first kappa shape index (κ1) is 13.3. The van der Waals surface area contributed by atoms with Crippen molar-refractivity contribution in [2.45, 2.75) is 6.42 Å². The van der Waals surface area contributed by atoms with Gasteiger partial charge in [0, 0.05) is 24.4 Å². The largest absolute Gasteiger partial charge is 0.377 e. The minimum Gasteiger partial charge on any atom is -0.377 e. The number of nitrogens with zero attached hydrogens (tertiary/aromatic N) is 2. The standard InChI is InChI=1S/C11H9F2N3O2S/c12-8-1-2-9(16(17)18)11(10(8)13)14-4-3-7-5-19-6-15-7/h1-2,5-6,14H,3-4H2. The lowest BCUT2D eigenvalue weighted by atomic mass is 10.2. The van der Waals surface area contributed by atoms with Crippen LogP contribution < -0.4 is 5.32 Å². The maximum Gasteiger partial charge on any atom is 0.295 e. The van der Waals surface area contributed by atoms with E-state index in [2.05, 4.69) is 10.3 Å². The summed E-state index contributed by atoms with van der Waals surface area (Å²) < 4.78 is 26.6. The zero-order chi connectivity index (χ0) is 13.8. The first-order chi connectivity index (χ1) is 9.09. The third kappa shape index (κ3) is 3.02. The first-order valence-electron chi connectivity index (χ1n) is 5.33. The Morgan fingerprint density at radius 3 is 2.84 bits per heavy atom. The Morgan fingerprint density at radius 1 is 1.42 bits per heavy atom. The van der Waals surface area contributed by atoms with Crippen LogP contribution in [-0.4, -0.2) is 16.5 Å². The van der Waals surface area contributed by atoms with Crippen molar-refractivity contribution in [1.82, 2.24) is 4.98 Å². The van der Waals surface area contributed by atoms with E-state index in [1.165, 1.54) is 11.3 Å². The van der Waals surface area contributed by atoms with Crippen molar-refractivity contribution < 1.29 is 13.7 Å². The summed E-state index contributed by atoms with van der Waals surface area (Å²) in [6, 6.07) is 1.67. The van der Waals surface area contributed by atoms with Gasteiger partial charge in [-0.15, -0.1) is 11.3 Å². The zero-order valence-corrected chi connectivity index (χ0v) is 10.4. The number of nitro groups is 1. The van der Waals surface area contributed by atoms with E-state index in [1.54, 1.807) is 5.51 Å². The molecule has 0 aliphatic rings. The van der Waals surface area contributed by atoms with Crippen LogP contribution in [0, 0.1) is 21.7 Å². The second kappa shape index (κ2) is 5.70. The molecule has 0 spiro atoms. The molecule has 0 atom stereocenters. The summed E-state index contributed by atoms with van der Waals surface area (Å²) in [5, 5.41) is 15.1. The number of hydrogen-bond acceptors (Lipinski definition) is 5. The van der Waals surface area contributed by atoms with Crippen LogP contribution in [0.4, 0.5) is 20.2 Å². The highest BCUT2D eigenvalue weighted by Gasteiger charge is 2.21. The first-order valence-corrected chi connectivity index (χ1v) is 6.27. The molecule has 0 aliphatic carbocycles. The van der Waals surface area contributed by atoms with Crippen molar-refractivity contribution in [1.29, 1.82) is 0 Å². The third-order valence-corrected chi connectivity index (χ3v) is 3.07. The molecule has 1 aromatic heterocycles. The van der Waals surface area contributed by atoms with E-state index in [0.717, 1.165) is 17.8 Å². The van der Waals surface area contributed by atoms with Gasteiger partial charge in [0.15, 0.2) is 17.3 Å². The van der Waals surface area contributed by atoms with Crippen molar-refractivity contribution in [3.63, 3.8) is 0 Å². The molecule has 0 radical (unpaired) electrons. The van der Waals surface area contributed by atoms with Gasteiger partial charge in [0.05, 0.1) is 16.1 Å². The summed E-state index contributed by atoms with van der Waals surface area (Å²) in [5.74, 6) is -2.37. The lowest BCUT2D eigenvalue weighted by Gasteiger charge is -2.07. The Hall–Kier alpha value is -2.09. The van der Waals surface area contributed by atoms with Gasteiger partial charge in [0.25, 0.3) is 5.69 Å². The molecule has 0 amide bonds. The van der Waals surface area contributed by atoms with E-state index in [4.69, 9.17) is 0 Å². The van der Waals surface area contributed by atoms with Crippen LogP contribution in [0.3, 0.4) is 0 Å². The molecule has 1 heterocycles. The van der Waals surface area contributed by atoms with E-state index < -0.39 is 27.9 Å². The highest BCUT2D eigenvalue weighted by molar-refractivity contribution is 7.07. The Bertz CT molecular complexity index is 590. The number of benzene rings is 1. The quantitative estimate of drug-likeness (QED) is 0.677. The monoisotopic (exact) mass is 285 g/mol. The molecule has 0 bridgehead atoms. The molecular weight excluding hydrogens is 276 g/mol. The Balaban J connectivity index is 2.14. The molecule has 100 valence electrons. The van der Waals surface area contributed by atoms with Gasteiger partial charge in [0.2, 0.25) is 0 Å². The summed E-state index contributed by atoms with van der Waals surface area (Å²) >= 11 is 1.42. The Kier molecular flexibility index (Phi) is 4.00. The van der Waals surface area contributed by atoms with Crippen LogP contribution in [0.25, 0.3) is 0 Å². The fourth-order valence-corrected chi connectivity index (χ4v) is 2.13. The van der Waals surface area contributed by atoms with Crippen LogP contribution in [0.5, 0.6) is 0 Å². The minimum atomic E-state index is -1.24.